The first-order valence-electron chi connectivity index (χ1n) is 10.1. The molecule has 0 aliphatic heterocycles. The Labute approximate surface area is 203 Å². The summed E-state index contributed by atoms with van der Waals surface area (Å²) in [6, 6.07) is 10.4. The predicted molar refractivity (Wildman–Crippen MR) is 127 cm³/mol. The fourth-order valence-electron chi connectivity index (χ4n) is 3.02. The van der Waals surface area contributed by atoms with Gasteiger partial charge in [-0.2, -0.15) is 0 Å². The van der Waals surface area contributed by atoms with Crippen LogP contribution in [-0.4, -0.2) is 52.3 Å². The van der Waals surface area contributed by atoms with E-state index in [2.05, 4.69) is 15.6 Å². The molecule has 9 nitrogen and oxygen atoms in total. The number of carboxylic acid groups (broad SMARTS) is 1. The third-order valence-corrected chi connectivity index (χ3v) is 6.40. The summed E-state index contributed by atoms with van der Waals surface area (Å²) in [6.45, 7) is 1.59. The molecule has 34 heavy (non-hydrogen) atoms. The number of para-hydroxylation sites is 1. The summed E-state index contributed by atoms with van der Waals surface area (Å²) in [7, 11) is 1.47. The first-order valence-corrected chi connectivity index (χ1v) is 11.3. The molecule has 3 aromatic rings. The fourth-order valence-corrected chi connectivity index (χ4v) is 4.06. The topological polar surface area (TPSA) is 121 Å². The molecule has 0 radical (unpaired) electrons. The van der Waals surface area contributed by atoms with Gasteiger partial charge in [0.15, 0.2) is 5.13 Å². The van der Waals surface area contributed by atoms with E-state index in [1.54, 1.807) is 19.1 Å². The first kappa shape index (κ1) is 25.2. The van der Waals surface area contributed by atoms with Crippen molar-refractivity contribution < 1.29 is 28.6 Å². The maximum Gasteiger partial charge on any atom is 0.414 e. The summed E-state index contributed by atoms with van der Waals surface area (Å²) >= 11 is 7.11. The van der Waals surface area contributed by atoms with E-state index < -0.39 is 36.1 Å². The second kappa shape index (κ2) is 11.1. The molecule has 0 bridgehead atoms. The minimum Gasteiger partial charge on any atom is -0.479 e. The molecule has 180 valence electrons. The number of carboxylic acids is 1. The molecule has 0 aliphatic rings. The Balaban J connectivity index is 1.54. The van der Waals surface area contributed by atoms with E-state index in [0.717, 1.165) is 4.70 Å². The molecule has 1 aromatic heterocycles. The van der Waals surface area contributed by atoms with E-state index in [-0.39, 0.29) is 23.1 Å². The van der Waals surface area contributed by atoms with E-state index in [0.29, 0.717) is 11.1 Å². The molecule has 3 rings (SSSR count). The highest BCUT2D eigenvalue weighted by atomic mass is 35.5. The molecule has 0 fully saturated rings. The van der Waals surface area contributed by atoms with Gasteiger partial charge in [-0.05, 0) is 30.7 Å². The Morgan fingerprint density at radius 1 is 1.24 bits per heavy atom. The van der Waals surface area contributed by atoms with E-state index in [9.17, 15) is 23.9 Å². The molecule has 12 heteroatoms. The summed E-state index contributed by atoms with van der Waals surface area (Å²) in [6.07, 6.45) is -2.63. The van der Waals surface area contributed by atoms with E-state index in [1.807, 2.05) is 18.2 Å². The number of carbonyl (C=O) groups is 3. The number of carbonyl (C=O) groups excluding carboxylic acids is 2. The van der Waals surface area contributed by atoms with Crippen LogP contribution in [0.25, 0.3) is 10.2 Å². The number of rotatable bonds is 8. The lowest BCUT2D eigenvalue weighted by Gasteiger charge is -2.27. The third kappa shape index (κ3) is 6.33. The van der Waals surface area contributed by atoms with Crippen molar-refractivity contribution in [2.45, 2.75) is 32.0 Å². The Bertz CT molecular complexity index is 1170. The number of aliphatic carboxylic acids is 1. The highest BCUT2D eigenvalue weighted by Gasteiger charge is 2.28. The summed E-state index contributed by atoms with van der Waals surface area (Å²) < 4.78 is 19.5. The second-order valence-electron chi connectivity index (χ2n) is 7.41. The van der Waals surface area contributed by atoms with Gasteiger partial charge < -0.3 is 20.1 Å². The van der Waals surface area contributed by atoms with Crippen LogP contribution in [0.2, 0.25) is 5.02 Å². The molecular weight excluding hydrogens is 487 g/mol. The molecular formula is C22H22ClFN4O5S. The normalized spacial score (nSPS) is 12.6. The van der Waals surface area contributed by atoms with Crippen LogP contribution in [0.15, 0.2) is 42.5 Å². The first-order chi connectivity index (χ1) is 16.2. The second-order valence-corrected chi connectivity index (χ2v) is 8.82. The number of nitrogens with zero attached hydrogens (tertiary/aromatic N) is 2. The zero-order chi connectivity index (χ0) is 24.8. The lowest BCUT2D eigenvalue weighted by atomic mass is 10.1. The zero-order valence-corrected chi connectivity index (χ0v) is 19.8. The van der Waals surface area contributed by atoms with Gasteiger partial charge in [-0.15, -0.1) is 0 Å². The SMILES string of the molecule is C[C@@H](C[C@H](OC(=O)Nc1nc2ccccc2s1)C(=O)O)N(C)C(=O)NCc1cccc(F)c1Cl. The van der Waals surface area contributed by atoms with Gasteiger partial charge in [-0.1, -0.05) is 47.2 Å². The van der Waals surface area contributed by atoms with Gasteiger partial charge in [0.05, 0.1) is 15.2 Å². The molecule has 0 saturated heterocycles. The van der Waals surface area contributed by atoms with Crippen molar-refractivity contribution in [3.05, 3.63) is 58.9 Å². The van der Waals surface area contributed by atoms with Crippen LogP contribution >= 0.6 is 22.9 Å². The number of nitrogens with one attached hydrogen (secondary N) is 2. The molecule has 0 saturated carbocycles. The average Bonchev–Trinajstić information content (AvgIpc) is 3.20. The van der Waals surface area contributed by atoms with Crippen LogP contribution in [0.4, 0.5) is 19.1 Å². The third-order valence-electron chi connectivity index (χ3n) is 5.03. The number of ether oxygens (including phenoxy) is 1. The van der Waals surface area contributed by atoms with Crippen molar-refractivity contribution in [1.82, 2.24) is 15.2 Å². The van der Waals surface area contributed by atoms with Crippen LogP contribution in [0.5, 0.6) is 0 Å². The van der Waals surface area contributed by atoms with Crippen LogP contribution in [-0.2, 0) is 16.1 Å². The molecule has 3 amide bonds. The number of benzene rings is 2. The van der Waals surface area contributed by atoms with Gasteiger partial charge in [-0.25, -0.2) is 23.8 Å². The minimum absolute atomic E-state index is 0.0179. The maximum absolute atomic E-state index is 13.5. The standard InChI is InChI=1S/C22H22ClFN4O5S/c1-12(28(2)21(31)25-11-13-6-5-7-14(24)18(13)23)10-16(19(29)30)33-22(32)27-20-26-15-8-3-4-9-17(15)34-20/h3-9,12,16H,10-11H2,1-2H3,(H,25,31)(H,29,30)(H,26,27,32)/t12-,16-/m0/s1. The monoisotopic (exact) mass is 508 g/mol. The van der Waals surface area contributed by atoms with Crippen molar-refractivity contribution in [3.8, 4) is 0 Å². The van der Waals surface area contributed by atoms with Crippen LogP contribution in [0, 0.1) is 5.82 Å². The Morgan fingerprint density at radius 2 is 1.97 bits per heavy atom. The van der Waals surface area contributed by atoms with Gasteiger partial charge >= 0.3 is 18.1 Å². The number of hydrogen-bond acceptors (Lipinski definition) is 6. The number of fused-ring (bicyclic) bond motifs is 1. The highest BCUT2D eigenvalue weighted by molar-refractivity contribution is 7.22. The van der Waals surface area contributed by atoms with Crippen molar-refractivity contribution in [2.75, 3.05) is 12.4 Å². The number of anilines is 1. The summed E-state index contributed by atoms with van der Waals surface area (Å²) in [4.78, 5) is 41.8. The van der Waals surface area contributed by atoms with Crippen LogP contribution < -0.4 is 10.6 Å². The zero-order valence-electron chi connectivity index (χ0n) is 18.2. The smallest absolute Gasteiger partial charge is 0.414 e. The summed E-state index contributed by atoms with van der Waals surface area (Å²) in [5.41, 5.74) is 1.09. The molecule has 3 N–H and O–H groups in total. The van der Waals surface area contributed by atoms with E-state index in [4.69, 9.17) is 16.3 Å². The van der Waals surface area contributed by atoms with Crippen molar-refractivity contribution in [1.29, 1.82) is 0 Å². The van der Waals surface area contributed by atoms with E-state index in [1.165, 1.54) is 35.4 Å². The maximum atomic E-state index is 13.5. The number of aromatic nitrogens is 1. The molecule has 1 heterocycles. The van der Waals surface area contributed by atoms with Crippen LogP contribution in [0.3, 0.4) is 0 Å². The largest absolute Gasteiger partial charge is 0.479 e. The quantitative estimate of drug-likeness (QED) is 0.405. The Morgan fingerprint density at radius 3 is 2.68 bits per heavy atom. The lowest BCUT2D eigenvalue weighted by Crippen LogP contribution is -2.45. The fraction of sp³-hybridized carbons (Fsp3) is 0.273. The van der Waals surface area contributed by atoms with E-state index >= 15 is 0 Å². The van der Waals surface area contributed by atoms with Gasteiger partial charge in [0, 0.05) is 26.1 Å². The molecule has 0 unspecified atom stereocenters. The average molecular weight is 509 g/mol. The van der Waals surface area contributed by atoms with Crippen LogP contribution in [0.1, 0.15) is 18.9 Å². The molecule has 2 aromatic carbocycles. The van der Waals surface area contributed by atoms with Gasteiger partial charge in [0.2, 0.25) is 6.10 Å². The number of urea groups is 1. The molecule has 2 atom stereocenters. The van der Waals surface area contributed by atoms with Gasteiger partial charge in [0.1, 0.15) is 5.82 Å². The molecule has 0 spiro atoms. The summed E-state index contributed by atoms with van der Waals surface area (Å²) in [5.74, 6) is -1.95. The lowest BCUT2D eigenvalue weighted by molar-refractivity contribution is -0.147. The number of thiazole rings is 1. The molecule has 0 aliphatic carbocycles. The highest BCUT2D eigenvalue weighted by Crippen LogP contribution is 2.25. The minimum atomic E-state index is -1.50. The number of hydrogen-bond donors (Lipinski definition) is 3. The Kier molecular flexibility index (Phi) is 8.24. The van der Waals surface area contributed by atoms with Gasteiger partial charge in [0.25, 0.3) is 0 Å². The number of amides is 3. The van der Waals surface area contributed by atoms with Crippen molar-refractivity contribution in [2.24, 2.45) is 0 Å². The Hall–Kier alpha value is -3.44. The predicted octanol–water partition coefficient (Wildman–Crippen LogP) is 4.71. The summed E-state index contributed by atoms with van der Waals surface area (Å²) in [5, 5.41) is 14.7. The van der Waals surface area contributed by atoms with Crippen molar-refractivity contribution >= 4 is 56.4 Å². The number of halogens is 2. The van der Waals surface area contributed by atoms with Gasteiger partial charge in [-0.3, -0.25) is 5.32 Å². The van der Waals surface area contributed by atoms with Crippen molar-refractivity contribution in [3.63, 3.8) is 0 Å².